The van der Waals surface area contributed by atoms with Crippen molar-refractivity contribution in [2.75, 3.05) is 0 Å². The standard InChI is InChI=1S/C22H30F3NO4S/c23-22(24,25)30-16-7-5-8-17(14-16)31(28,29)18-12-15(13-18)6-1-4-11-21(27)19-9-2-3-10-20(19)26/h5,7-8,14-15,18-20H,1-4,6,9-13,26H2/t15?,18?,19?,20-/m0/s1. The smallest absolute Gasteiger partial charge is 0.406 e. The number of nitrogens with two attached hydrogens (primary N) is 1. The molecule has 1 unspecified atom stereocenters. The van der Waals surface area contributed by atoms with Gasteiger partial charge in [0.2, 0.25) is 0 Å². The van der Waals surface area contributed by atoms with E-state index in [2.05, 4.69) is 4.74 Å². The van der Waals surface area contributed by atoms with E-state index in [-0.39, 0.29) is 28.6 Å². The fourth-order valence-electron chi connectivity index (χ4n) is 4.68. The lowest BCUT2D eigenvalue weighted by Crippen LogP contribution is -2.38. The highest BCUT2D eigenvalue weighted by Crippen LogP contribution is 2.40. The molecule has 2 aliphatic rings. The van der Waals surface area contributed by atoms with Crippen LogP contribution >= 0.6 is 0 Å². The molecule has 0 spiro atoms. The van der Waals surface area contributed by atoms with Crippen LogP contribution in [0.2, 0.25) is 0 Å². The molecular weight excluding hydrogens is 431 g/mol. The van der Waals surface area contributed by atoms with Gasteiger partial charge in [-0.3, -0.25) is 4.79 Å². The van der Waals surface area contributed by atoms with E-state index in [1.54, 1.807) is 0 Å². The second-order valence-corrected chi connectivity index (χ2v) is 11.0. The van der Waals surface area contributed by atoms with Crippen LogP contribution in [0, 0.1) is 11.8 Å². The number of hydrogen-bond donors (Lipinski definition) is 1. The fourth-order valence-corrected chi connectivity index (χ4v) is 6.67. The van der Waals surface area contributed by atoms with E-state index >= 15 is 0 Å². The summed E-state index contributed by atoms with van der Waals surface area (Å²) in [5.41, 5.74) is 6.07. The van der Waals surface area contributed by atoms with Crippen molar-refractivity contribution in [3.05, 3.63) is 24.3 Å². The third-order valence-corrected chi connectivity index (χ3v) is 8.69. The molecule has 2 fully saturated rings. The third-order valence-electron chi connectivity index (χ3n) is 6.52. The number of ketones is 1. The van der Waals surface area contributed by atoms with Crippen LogP contribution in [0.15, 0.2) is 29.2 Å². The van der Waals surface area contributed by atoms with Gasteiger partial charge in [0.25, 0.3) is 0 Å². The Hall–Kier alpha value is -1.61. The van der Waals surface area contributed by atoms with Crippen LogP contribution in [0.1, 0.15) is 64.2 Å². The molecule has 0 bridgehead atoms. The number of halogens is 3. The summed E-state index contributed by atoms with van der Waals surface area (Å²) in [7, 11) is -3.69. The number of ether oxygens (including phenoxy) is 1. The van der Waals surface area contributed by atoms with Gasteiger partial charge in [0.05, 0.1) is 10.1 Å². The number of sulfone groups is 1. The van der Waals surface area contributed by atoms with E-state index in [1.165, 1.54) is 12.1 Å². The van der Waals surface area contributed by atoms with Gasteiger partial charge in [-0.25, -0.2) is 8.42 Å². The number of carbonyl (C=O) groups is 1. The first-order chi connectivity index (χ1) is 14.6. The molecule has 1 aromatic carbocycles. The summed E-state index contributed by atoms with van der Waals surface area (Å²) in [6, 6.07) is 4.54. The molecule has 0 aromatic heterocycles. The third kappa shape index (κ3) is 6.44. The second kappa shape index (κ2) is 9.90. The van der Waals surface area contributed by atoms with E-state index in [9.17, 15) is 26.4 Å². The zero-order chi connectivity index (χ0) is 22.6. The summed E-state index contributed by atoms with van der Waals surface area (Å²) in [5, 5.41) is -0.583. The van der Waals surface area contributed by atoms with Crippen LogP contribution in [-0.4, -0.2) is 31.9 Å². The van der Waals surface area contributed by atoms with Gasteiger partial charge in [0.15, 0.2) is 9.84 Å². The van der Waals surface area contributed by atoms with Crippen LogP contribution in [0.4, 0.5) is 13.2 Å². The van der Waals surface area contributed by atoms with E-state index in [0.29, 0.717) is 19.3 Å². The molecule has 0 heterocycles. The molecule has 2 N–H and O–H groups in total. The summed E-state index contributed by atoms with van der Waals surface area (Å²) >= 11 is 0. The minimum atomic E-state index is -4.87. The minimum Gasteiger partial charge on any atom is -0.406 e. The minimum absolute atomic E-state index is 0.0101. The van der Waals surface area contributed by atoms with Crippen molar-refractivity contribution in [1.29, 1.82) is 0 Å². The molecule has 174 valence electrons. The van der Waals surface area contributed by atoms with Gasteiger partial charge in [-0.15, -0.1) is 13.2 Å². The van der Waals surface area contributed by atoms with Crippen LogP contribution < -0.4 is 10.5 Å². The Balaban J connectivity index is 1.41. The molecular formula is C22H30F3NO4S. The van der Waals surface area contributed by atoms with Crippen molar-refractivity contribution in [2.24, 2.45) is 17.6 Å². The number of alkyl halides is 3. The van der Waals surface area contributed by atoms with Crippen molar-refractivity contribution >= 4 is 15.6 Å². The summed E-state index contributed by atoms with van der Waals surface area (Å²) in [4.78, 5) is 12.2. The van der Waals surface area contributed by atoms with Crippen molar-refractivity contribution in [2.45, 2.75) is 86.8 Å². The molecule has 0 aliphatic heterocycles. The average Bonchev–Trinajstić information content (AvgIpc) is 2.65. The monoisotopic (exact) mass is 461 g/mol. The van der Waals surface area contributed by atoms with E-state index in [1.807, 2.05) is 0 Å². The lowest BCUT2D eigenvalue weighted by molar-refractivity contribution is -0.274. The number of rotatable bonds is 9. The molecule has 3 rings (SSSR count). The molecule has 2 saturated carbocycles. The molecule has 31 heavy (non-hydrogen) atoms. The Morgan fingerprint density at radius 1 is 1.13 bits per heavy atom. The highest BCUT2D eigenvalue weighted by atomic mass is 32.2. The van der Waals surface area contributed by atoms with Gasteiger partial charge in [0, 0.05) is 18.4 Å². The average molecular weight is 462 g/mol. The lowest BCUT2D eigenvalue weighted by atomic mass is 9.79. The highest BCUT2D eigenvalue weighted by Gasteiger charge is 2.39. The molecule has 9 heteroatoms. The summed E-state index contributed by atoms with van der Waals surface area (Å²) in [6.07, 6.45) is 3.11. The fraction of sp³-hybridized carbons (Fsp3) is 0.682. The van der Waals surface area contributed by atoms with E-state index < -0.39 is 27.2 Å². The molecule has 0 amide bonds. The Morgan fingerprint density at radius 2 is 1.84 bits per heavy atom. The van der Waals surface area contributed by atoms with Crippen molar-refractivity contribution in [3.63, 3.8) is 0 Å². The number of benzene rings is 1. The Bertz CT molecular complexity index is 866. The first kappa shape index (κ1) is 24.0. The Kier molecular flexibility index (Phi) is 7.68. The molecule has 0 radical (unpaired) electrons. The molecule has 2 aliphatic carbocycles. The molecule has 2 atom stereocenters. The van der Waals surface area contributed by atoms with Gasteiger partial charge < -0.3 is 10.5 Å². The summed E-state index contributed by atoms with van der Waals surface area (Å²) in [6.45, 7) is 0. The van der Waals surface area contributed by atoms with Gasteiger partial charge in [-0.2, -0.15) is 0 Å². The maximum absolute atomic E-state index is 12.7. The zero-order valence-electron chi connectivity index (χ0n) is 17.4. The van der Waals surface area contributed by atoms with Crippen molar-refractivity contribution in [3.8, 4) is 5.75 Å². The maximum Gasteiger partial charge on any atom is 0.573 e. The number of carbonyl (C=O) groups excluding carboxylic acids is 1. The largest absolute Gasteiger partial charge is 0.573 e. The molecule has 1 aromatic rings. The van der Waals surface area contributed by atoms with Crippen LogP contribution in [0.3, 0.4) is 0 Å². The molecule has 5 nitrogen and oxygen atoms in total. The molecule has 0 saturated heterocycles. The number of Topliss-reactive ketones (excluding diaryl/α,β-unsaturated/α-hetero) is 1. The predicted octanol–water partition coefficient (Wildman–Crippen LogP) is 4.78. The van der Waals surface area contributed by atoms with Gasteiger partial charge in [0.1, 0.15) is 11.5 Å². The van der Waals surface area contributed by atoms with E-state index in [0.717, 1.165) is 57.1 Å². The maximum atomic E-state index is 12.7. The Morgan fingerprint density at radius 3 is 2.52 bits per heavy atom. The SMILES string of the molecule is N[C@H]1CCCCC1C(=O)CCCCC1CC(S(=O)(=O)c2cccc(OC(F)(F)F)c2)C1. The second-order valence-electron chi connectivity index (χ2n) is 8.79. The summed E-state index contributed by atoms with van der Waals surface area (Å²) in [5.74, 6) is -0.0282. The summed E-state index contributed by atoms with van der Waals surface area (Å²) < 4.78 is 66.4. The normalized spacial score (nSPS) is 26.8. The predicted molar refractivity (Wildman–Crippen MR) is 110 cm³/mol. The first-order valence-electron chi connectivity index (χ1n) is 10.9. The topological polar surface area (TPSA) is 86.5 Å². The van der Waals surface area contributed by atoms with E-state index in [4.69, 9.17) is 5.73 Å². The van der Waals surface area contributed by atoms with Crippen molar-refractivity contribution < 1.29 is 31.1 Å². The van der Waals surface area contributed by atoms with Crippen LogP contribution in [0.5, 0.6) is 5.75 Å². The first-order valence-corrected chi connectivity index (χ1v) is 12.5. The zero-order valence-corrected chi connectivity index (χ0v) is 18.3. The number of hydrogen-bond acceptors (Lipinski definition) is 5. The highest BCUT2D eigenvalue weighted by molar-refractivity contribution is 7.92. The van der Waals surface area contributed by atoms with Crippen LogP contribution in [-0.2, 0) is 14.6 Å². The quantitative estimate of drug-likeness (QED) is 0.535. The Labute approximate surface area is 181 Å². The van der Waals surface area contributed by atoms with Gasteiger partial charge in [-0.1, -0.05) is 31.7 Å². The number of unbranched alkanes of at least 4 members (excludes halogenated alkanes) is 1. The van der Waals surface area contributed by atoms with Gasteiger partial charge in [-0.05, 0) is 56.2 Å². The van der Waals surface area contributed by atoms with Crippen molar-refractivity contribution in [1.82, 2.24) is 0 Å². The van der Waals surface area contributed by atoms with Crippen LogP contribution in [0.25, 0.3) is 0 Å². The lowest BCUT2D eigenvalue weighted by Gasteiger charge is -2.35. The van der Waals surface area contributed by atoms with Gasteiger partial charge >= 0.3 is 6.36 Å².